The van der Waals surface area contributed by atoms with Gasteiger partial charge in [0, 0.05) is 0 Å². The largest absolute Gasteiger partial charge is 0.365 e. The molecule has 0 aliphatic carbocycles. The molecule has 0 aliphatic heterocycles. The molecule has 0 saturated carbocycles. The van der Waals surface area contributed by atoms with E-state index in [1.807, 2.05) is 19.1 Å². The second kappa shape index (κ2) is 3.37. The van der Waals surface area contributed by atoms with E-state index in [0.29, 0.717) is 10.4 Å². The number of hydrogen-bond donors (Lipinski definition) is 1. The summed E-state index contributed by atoms with van der Waals surface area (Å²) in [5, 5.41) is 9.90. The predicted octanol–water partition coefficient (Wildman–Crippen LogP) is 2.18. The highest BCUT2D eigenvalue weighted by molar-refractivity contribution is 7.21. The van der Waals surface area contributed by atoms with Crippen LogP contribution in [-0.2, 0) is 0 Å². The summed E-state index contributed by atoms with van der Waals surface area (Å²) >= 11 is 1.27. The number of amides is 1. The summed E-state index contributed by atoms with van der Waals surface area (Å²) in [4.78, 5) is 11.5. The summed E-state index contributed by atoms with van der Waals surface area (Å²) < 4.78 is 0.839. The molecule has 0 bridgehead atoms. The lowest BCUT2D eigenvalue weighted by Gasteiger charge is -1.96. The highest BCUT2D eigenvalue weighted by Crippen LogP contribution is 2.30. The van der Waals surface area contributed by atoms with Crippen molar-refractivity contribution in [3.63, 3.8) is 0 Å². The van der Waals surface area contributed by atoms with Gasteiger partial charge in [0.2, 0.25) is 0 Å². The number of thiophene rings is 1. The van der Waals surface area contributed by atoms with E-state index < -0.39 is 5.91 Å². The minimum absolute atomic E-state index is 0.447. The minimum Gasteiger partial charge on any atom is -0.365 e. The summed E-state index contributed by atoms with van der Waals surface area (Å²) in [5.74, 6) is -0.447. The molecule has 74 valence electrons. The highest BCUT2D eigenvalue weighted by Gasteiger charge is 2.11. The number of fused-ring (bicyclic) bond motifs is 1. The number of nitrogens with zero attached hydrogens (tertiary/aromatic N) is 1. The molecule has 0 spiro atoms. The third kappa shape index (κ3) is 1.47. The number of nitriles is 1. The third-order valence-corrected chi connectivity index (χ3v) is 3.43. The Bertz CT molecular complexity index is 592. The van der Waals surface area contributed by atoms with Gasteiger partial charge in [-0.25, -0.2) is 0 Å². The van der Waals surface area contributed by atoms with Gasteiger partial charge in [-0.05, 0) is 23.9 Å². The molecule has 2 N–H and O–H groups in total. The van der Waals surface area contributed by atoms with Gasteiger partial charge in [0.05, 0.1) is 15.1 Å². The molecular weight excluding hydrogens is 208 g/mol. The third-order valence-electron chi connectivity index (χ3n) is 2.25. The van der Waals surface area contributed by atoms with Crippen molar-refractivity contribution < 1.29 is 4.79 Å². The van der Waals surface area contributed by atoms with Crippen molar-refractivity contribution in [2.75, 3.05) is 0 Å². The molecule has 0 fully saturated rings. The zero-order valence-electron chi connectivity index (χ0n) is 8.07. The lowest BCUT2D eigenvalue weighted by atomic mass is 10.1. The van der Waals surface area contributed by atoms with Gasteiger partial charge in [-0.1, -0.05) is 12.1 Å². The summed E-state index contributed by atoms with van der Waals surface area (Å²) in [6.45, 7) is 1.88. The molecule has 3 nitrogen and oxygen atoms in total. The van der Waals surface area contributed by atoms with Crippen LogP contribution < -0.4 is 5.73 Å². The number of carbonyl (C=O) groups is 1. The van der Waals surface area contributed by atoms with Gasteiger partial charge in [-0.3, -0.25) is 4.79 Å². The number of nitrogens with two attached hydrogens (primary N) is 1. The van der Waals surface area contributed by atoms with Crippen LogP contribution in [0.5, 0.6) is 0 Å². The van der Waals surface area contributed by atoms with Crippen molar-refractivity contribution in [1.82, 2.24) is 0 Å². The Kier molecular flexibility index (Phi) is 2.18. The Labute approximate surface area is 90.7 Å². The van der Waals surface area contributed by atoms with Gasteiger partial charge >= 0.3 is 0 Å². The van der Waals surface area contributed by atoms with E-state index in [1.165, 1.54) is 11.3 Å². The molecule has 1 aromatic carbocycles. The van der Waals surface area contributed by atoms with E-state index in [4.69, 9.17) is 11.0 Å². The van der Waals surface area contributed by atoms with Crippen LogP contribution in [0.4, 0.5) is 0 Å². The average Bonchev–Trinajstić information content (AvgIpc) is 2.61. The van der Waals surface area contributed by atoms with Gasteiger partial charge < -0.3 is 5.73 Å². The van der Waals surface area contributed by atoms with Crippen molar-refractivity contribution in [1.29, 1.82) is 5.26 Å². The van der Waals surface area contributed by atoms with Crippen LogP contribution in [0, 0.1) is 18.3 Å². The number of hydrogen-bond acceptors (Lipinski definition) is 3. The molecule has 4 heteroatoms. The van der Waals surface area contributed by atoms with Crippen LogP contribution in [0.2, 0.25) is 0 Å². The van der Waals surface area contributed by atoms with Crippen LogP contribution in [0.15, 0.2) is 18.2 Å². The smallest absolute Gasteiger partial charge is 0.258 e. The molecule has 0 radical (unpaired) electrons. The van der Waals surface area contributed by atoms with Crippen molar-refractivity contribution in [2.24, 2.45) is 5.73 Å². The van der Waals surface area contributed by atoms with Crippen molar-refractivity contribution in [3.05, 3.63) is 34.2 Å². The fourth-order valence-electron chi connectivity index (χ4n) is 1.46. The lowest BCUT2D eigenvalue weighted by Crippen LogP contribution is -2.07. The average molecular weight is 216 g/mol. The molecule has 1 amide bonds. The summed E-state index contributed by atoms with van der Waals surface area (Å²) in [6.07, 6.45) is 0. The predicted molar refractivity (Wildman–Crippen MR) is 59.8 cm³/mol. The van der Waals surface area contributed by atoms with Gasteiger partial charge in [-0.2, -0.15) is 5.26 Å². The Morgan fingerprint density at radius 2 is 2.27 bits per heavy atom. The van der Waals surface area contributed by atoms with Crippen LogP contribution in [-0.4, -0.2) is 5.91 Å². The Morgan fingerprint density at radius 1 is 1.53 bits per heavy atom. The molecule has 0 saturated heterocycles. The molecule has 2 rings (SSSR count). The van der Waals surface area contributed by atoms with Gasteiger partial charge in [-0.15, -0.1) is 11.3 Å². The quantitative estimate of drug-likeness (QED) is 0.793. The summed E-state index contributed by atoms with van der Waals surface area (Å²) in [6, 6.07) is 7.64. The molecule has 0 unspecified atom stereocenters. The number of aryl methyl sites for hydroxylation is 1. The molecule has 1 heterocycles. The normalized spacial score (nSPS) is 10.1. The number of rotatable bonds is 1. The van der Waals surface area contributed by atoms with Crippen molar-refractivity contribution in [3.8, 4) is 6.07 Å². The fraction of sp³-hybridized carbons (Fsp3) is 0.0909. The first-order chi connectivity index (χ1) is 7.13. The maximum absolute atomic E-state index is 11.0. The van der Waals surface area contributed by atoms with Crippen molar-refractivity contribution in [2.45, 2.75) is 6.92 Å². The standard InChI is InChI=1S/C11H8N2OS/c1-6-2-3-7-4-9(11(13)14)15-10(7)8(6)5-12/h2-4H,1H3,(H2,13,14). The van der Waals surface area contributed by atoms with Gasteiger partial charge in [0.25, 0.3) is 5.91 Å². The minimum atomic E-state index is -0.447. The molecule has 15 heavy (non-hydrogen) atoms. The molecule has 1 aromatic heterocycles. The number of primary amides is 1. The molecular formula is C11H8N2OS. The number of benzene rings is 1. The second-order valence-corrected chi connectivity index (χ2v) is 4.31. The summed E-state index contributed by atoms with van der Waals surface area (Å²) in [7, 11) is 0. The topological polar surface area (TPSA) is 66.9 Å². The van der Waals surface area contributed by atoms with E-state index >= 15 is 0 Å². The van der Waals surface area contributed by atoms with E-state index in [2.05, 4.69) is 6.07 Å². The maximum atomic E-state index is 11.0. The van der Waals surface area contributed by atoms with E-state index in [1.54, 1.807) is 6.07 Å². The molecule has 0 atom stereocenters. The van der Waals surface area contributed by atoms with Crippen LogP contribution in [0.3, 0.4) is 0 Å². The van der Waals surface area contributed by atoms with Crippen LogP contribution in [0.1, 0.15) is 20.8 Å². The first kappa shape index (κ1) is 9.69. The summed E-state index contributed by atoms with van der Waals surface area (Å²) in [5.41, 5.74) is 6.74. The zero-order chi connectivity index (χ0) is 11.0. The van der Waals surface area contributed by atoms with E-state index in [-0.39, 0.29) is 0 Å². The Morgan fingerprint density at radius 3 is 2.87 bits per heavy atom. The molecule has 0 aliphatic rings. The number of carbonyl (C=O) groups excluding carboxylic acids is 1. The van der Waals surface area contributed by atoms with E-state index in [0.717, 1.165) is 15.6 Å². The first-order valence-corrected chi connectivity index (χ1v) is 5.18. The van der Waals surface area contributed by atoms with Gasteiger partial charge in [0.1, 0.15) is 6.07 Å². The second-order valence-electron chi connectivity index (χ2n) is 3.26. The Balaban J connectivity index is 2.82. The Hall–Kier alpha value is -1.86. The molecule has 2 aromatic rings. The SMILES string of the molecule is Cc1ccc2cc(C(N)=O)sc2c1C#N. The van der Waals surface area contributed by atoms with Crippen LogP contribution in [0.25, 0.3) is 10.1 Å². The lowest BCUT2D eigenvalue weighted by molar-refractivity contribution is 0.100. The van der Waals surface area contributed by atoms with Crippen LogP contribution >= 0.6 is 11.3 Å². The fourth-order valence-corrected chi connectivity index (χ4v) is 2.52. The van der Waals surface area contributed by atoms with E-state index in [9.17, 15) is 4.79 Å². The highest BCUT2D eigenvalue weighted by atomic mass is 32.1. The van der Waals surface area contributed by atoms with Gasteiger partial charge in [0.15, 0.2) is 0 Å². The first-order valence-electron chi connectivity index (χ1n) is 4.36. The monoisotopic (exact) mass is 216 g/mol. The zero-order valence-corrected chi connectivity index (χ0v) is 8.89. The van der Waals surface area contributed by atoms with Crippen molar-refractivity contribution >= 4 is 27.3 Å². The maximum Gasteiger partial charge on any atom is 0.258 e.